The van der Waals surface area contributed by atoms with Gasteiger partial charge in [0.2, 0.25) is 0 Å². The molecular weight excluding hydrogens is 378 g/mol. The van der Waals surface area contributed by atoms with E-state index >= 15 is 0 Å². The summed E-state index contributed by atoms with van der Waals surface area (Å²) < 4.78 is 33.2. The Balaban J connectivity index is 1.84. The zero-order valence-corrected chi connectivity index (χ0v) is 16.2. The summed E-state index contributed by atoms with van der Waals surface area (Å²) in [5, 5.41) is 2.67. The first kappa shape index (κ1) is 19.4. The average Bonchev–Trinajstić information content (AvgIpc) is 2.70. The van der Waals surface area contributed by atoms with E-state index in [1.165, 1.54) is 19.4 Å². The Labute approximate surface area is 163 Å². The highest BCUT2D eigenvalue weighted by molar-refractivity contribution is 7.92. The van der Waals surface area contributed by atoms with Gasteiger partial charge in [-0.05, 0) is 61.0 Å². The number of rotatable bonds is 6. The summed E-state index contributed by atoms with van der Waals surface area (Å²) >= 11 is 0. The van der Waals surface area contributed by atoms with E-state index in [1.54, 1.807) is 61.5 Å². The normalized spacial score (nSPS) is 10.9. The van der Waals surface area contributed by atoms with E-state index in [9.17, 15) is 13.2 Å². The summed E-state index contributed by atoms with van der Waals surface area (Å²) in [5.41, 5.74) is 1.56. The number of hydrogen-bond donors (Lipinski definition) is 2. The maximum absolute atomic E-state index is 12.8. The van der Waals surface area contributed by atoms with Crippen molar-refractivity contribution in [2.45, 2.75) is 11.8 Å². The van der Waals surface area contributed by atoms with Crippen molar-refractivity contribution in [3.8, 4) is 5.75 Å². The molecule has 2 aromatic carbocycles. The quantitative estimate of drug-likeness (QED) is 0.664. The number of aryl methyl sites for hydroxylation is 1. The molecule has 0 aliphatic rings. The molecule has 0 aliphatic carbocycles. The van der Waals surface area contributed by atoms with Crippen molar-refractivity contribution in [3.05, 3.63) is 78.1 Å². The second-order valence-corrected chi connectivity index (χ2v) is 7.63. The Kier molecular flexibility index (Phi) is 5.60. The third-order valence-electron chi connectivity index (χ3n) is 3.98. The maximum Gasteiger partial charge on any atom is 0.274 e. The number of sulfonamides is 1. The van der Waals surface area contributed by atoms with Crippen LogP contribution in [0.4, 0.5) is 11.4 Å². The third kappa shape index (κ3) is 4.47. The van der Waals surface area contributed by atoms with Gasteiger partial charge in [-0.3, -0.25) is 14.5 Å². The van der Waals surface area contributed by atoms with Crippen LogP contribution in [0.5, 0.6) is 5.75 Å². The molecule has 0 saturated carbocycles. The molecule has 144 valence electrons. The number of hydrogen-bond acceptors (Lipinski definition) is 5. The molecule has 0 fully saturated rings. The predicted octanol–water partition coefficient (Wildman–Crippen LogP) is 3.45. The van der Waals surface area contributed by atoms with Gasteiger partial charge >= 0.3 is 0 Å². The molecule has 3 rings (SSSR count). The van der Waals surface area contributed by atoms with Crippen molar-refractivity contribution < 1.29 is 17.9 Å². The Morgan fingerprint density at radius 3 is 2.36 bits per heavy atom. The minimum Gasteiger partial charge on any atom is -0.497 e. The van der Waals surface area contributed by atoms with Crippen LogP contribution in [0.25, 0.3) is 0 Å². The minimum atomic E-state index is -3.84. The van der Waals surface area contributed by atoms with Gasteiger partial charge in [0.15, 0.2) is 0 Å². The number of carbonyl (C=O) groups is 1. The lowest BCUT2D eigenvalue weighted by Gasteiger charge is -2.13. The molecule has 0 atom stereocenters. The summed E-state index contributed by atoms with van der Waals surface area (Å²) in [7, 11) is -2.31. The van der Waals surface area contributed by atoms with E-state index in [1.807, 2.05) is 0 Å². The number of aromatic nitrogens is 1. The highest BCUT2D eigenvalue weighted by Gasteiger charge is 2.18. The van der Waals surface area contributed by atoms with Gasteiger partial charge in [0.05, 0.1) is 12.0 Å². The van der Waals surface area contributed by atoms with Gasteiger partial charge in [-0.25, -0.2) is 8.42 Å². The Hall–Kier alpha value is -3.39. The molecule has 0 saturated heterocycles. The summed E-state index contributed by atoms with van der Waals surface area (Å²) in [5.74, 6) is 0.203. The first-order valence-electron chi connectivity index (χ1n) is 8.39. The molecule has 2 N–H and O–H groups in total. The fraction of sp³-hybridized carbons (Fsp3) is 0.100. The number of amides is 1. The van der Waals surface area contributed by atoms with Crippen LogP contribution >= 0.6 is 0 Å². The maximum atomic E-state index is 12.8. The van der Waals surface area contributed by atoms with Crippen molar-refractivity contribution in [3.63, 3.8) is 0 Å². The summed E-state index contributed by atoms with van der Waals surface area (Å²) in [4.78, 5) is 16.3. The molecule has 0 unspecified atom stereocenters. The average molecular weight is 397 g/mol. The van der Waals surface area contributed by atoms with Gasteiger partial charge in [0.1, 0.15) is 11.4 Å². The van der Waals surface area contributed by atoms with E-state index < -0.39 is 15.9 Å². The SMILES string of the molecule is COc1ccc(NS(=O)(=O)c2cc(NC(=O)c3ccccn3)ccc2C)cc1. The molecular formula is C20H19N3O4S. The van der Waals surface area contributed by atoms with E-state index in [4.69, 9.17) is 4.74 Å². The predicted molar refractivity (Wildman–Crippen MR) is 107 cm³/mol. The molecule has 3 aromatic rings. The van der Waals surface area contributed by atoms with Crippen molar-refractivity contribution in [1.82, 2.24) is 4.98 Å². The van der Waals surface area contributed by atoms with Crippen LogP contribution < -0.4 is 14.8 Å². The second kappa shape index (κ2) is 8.10. The number of benzene rings is 2. The van der Waals surface area contributed by atoms with Crippen LogP contribution in [-0.2, 0) is 10.0 Å². The monoisotopic (exact) mass is 397 g/mol. The molecule has 0 radical (unpaired) electrons. The highest BCUT2D eigenvalue weighted by Crippen LogP contribution is 2.24. The van der Waals surface area contributed by atoms with Crippen LogP contribution in [0.3, 0.4) is 0 Å². The van der Waals surface area contributed by atoms with Gasteiger partial charge < -0.3 is 10.1 Å². The van der Waals surface area contributed by atoms with Crippen molar-refractivity contribution in [2.24, 2.45) is 0 Å². The lowest BCUT2D eigenvalue weighted by molar-refractivity contribution is 0.102. The molecule has 0 spiro atoms. The standard InChI is InChI=1S/C20H19N3O4S/c1-14-6-7-16(22-20(24)18-5-3-4-12-21-18)13-19(14)28(25,26)23-15-8-10-17(27-2)11-9-15/h3-13,23H,1-2H3,(H,22,24). The van der Waals surface area contributed by atoms with Crippen LogP contribution in [0, 0.1) is 6.92 Å². The molecule has 7 nitrogen and oxygen atoms in total. The first-order chi connectivity index (χ1) is 13.4. The van der Waals surface area contributed by atoms with Gasteiger partial charge in [-0.15, -0.1) is 0 Å². The smallest absolute Gasteiger partial charge is 0.274 e. The fourth-order valence-electron chi connectivity index (χ4n) is 2.53. The van der Waals surface area contributed by atoms with Crippen LogP contribution in [0.1, 0.15) is 16.1 Å². The number of nitrogens with zero attached hydrogens (tertiary/aromatic N) is 1. The molecule has 28 heavy (non-hydrogen) atoms. The second-order valence-electron chi connectivity index (χ2n) is 5.98. The van der Waals surface area contributed by atoms with Crippen LogP contribution in [0.2, 0.25) is 0 Å². The van der Waals surface area contributed by atoms with Gasteiger partial charge in [-0.2, -0.15) is 0 Å². The van der Waals surface area contributed by atoms with Gasteiger partial charge in [0, 0.05) is 17.6 Å². The van der Waals surface area contributed by atoms with Crippen molar-refractivity contribution in [1.29, 1.82) is 0 Å². The summed E-state index contributed by atoms with van der Waals surface area (Å²) in [6.45, 7) is 1.69. The fourth-order valence-corrected chi connectivity index (χ4v) is 3.86. The Morgan fingerprint density at radius 1 is 1.00 bits per heavy atom. The number of ether oxygens (including phenoxy) is 1. The number of anilines is 2. The Bertz CT molecular complexity index is 1080. The van der Waals surface area contributed by atoms with Crippen LogP contribution in [-0.4, -0.2) is 26.4 Å². The number of methoxy groups -OCH3 is 1. The Morgan fingerprint density at radius 2 is 1.71 bits per heavy atom. The largest absolute Gasteiger partial charge is 0.497 e. The van der Waals surface area contributed by atoms with E-state index in [2.05, 4.69) is 15.0 Å². The van der Waals surface area contributed by atoms with E-state index in [0.29, 0.717) is 22.7 Å². The lowest BCUT2D eigenvalue weighted by Crippen LogP contribution is -2.16. The zero-order chi connectivity index (χ0) is 20.1. The molecule has 8 heteroatoms. The minimum absolute atomic E-state index is 0.0714. The third-order valence-corrected chi connectivity index (χ3v) is 5.50. The van der Waals surface area contributed by atoms with E-state index in [0.717, 1.165) is 0 Å². The highest BCUT2D eigenvalue weighted by atomic mass is 32.2. The first-order valence-corrected chi connectivity index (χ1v) is 9.87. The molecule has 1 heterocycles. The molecule has 1 aromatic heterocycles. The van der Waals surface area contributed by atoms with Gasteiger partial charge in [-0.1, -0.05) is 12.1 Å². The van der Waals surface area contributed by atoms with Crippen LogP contribution in [0.15, 0.2) is 71.8 Å². The molecule has 0 aliphatic heterocycles. The van der Waals surface area contributed by atoms with Crippen molar-refractivity contribution >= 4 is 27.3 Å². The number of pyridine rings is 1. The van der Waals surface area contributed by atoms with E-state index in [-0.39, 0.29) is 10.6 Å². The van der Waals surface area contributed by atoms with Crippen molar-refractivity contribution in [2.75, 3.05) is 17.1 Å². The summed E-state index contributed by atoms with van der Waals surface area (Å²) in [6, 6.07) is 16.2. The molecule has 1 amide bonds. The number of carbonyl (C=O) groups excluding carboxylic acids is 1. The topological polar surface area (TPSA) is 97.4 Å². The number of nitrogens with one attached hydrogen (secondary N) is 2. The zero-order valence-electron chi connectivity index (χ0n) is 15.3. The molecule has 0 bridgehead atoms. The lowest BCUT2D eigenvalue weighted by atomic mass is 10.2. The van der Waals surface area contributed by atoms with Gasteiger partial charge in [0.25, 0.3) is 15.9 Å². The summed E-state index contributed by atoms with van der Waals surface area (Å²) in [6.07, 6.45) is 1.51.